The van der Waals surface area contributed by atoms with Gasteiger partial charge in [0.1, 0.15) is 0 Å². The second kappa shape index (κ2) is 10.2. The predicted molar refractivity (Wildman–Crippen MR) is 140 cm³/mol. The maximum atomic E-state index is 13.2. The third-order valence-electron chi connectivity index (χ3n) is 6.20. The molecule has 4 aromatic rings. The molecular weight excluding hydrogens is 506 g/mol. The number of pyridine rings is 1. The number of sulfonamides is 1. The Hall–Kier alpha value is -4.35. The first kappa shape index (κ1) is 25.3. The van der Waals surface area contributed by atoms with E-state index in [2.05, 4.69) is 25.0 Å². The van der Waals surface area contributed by atoms with Crippen LogP contribution in [-0.4, -0.2) is 41.0 Å². The number of nitrogens with one attached hydrogen (secondary N) is 2. The van der Waals surface area contributed by atoms with E-state index in [0.717, 1.165) is 34.0 Å². The van der Waals surface area contributed by atoms with E-state index >= 15 is 0 Å². The van der Waals surface area contributed by atoms with Crippen LogP contribution in [0.5, 0.6) is 5.88 Å². The van der Waals surface area contributed by atoms with Gasteiger partial charge in [0.25, 0.3) is 10.0 Å². The molecule has 0 aliphatic carbocycles. The van der Waals surface area contributed by atoms with Gasteiger partial charge in [-0.25, -0.2) is 22.9 Å². The number of aromatic carboxylic acids is 1. The second-order valence-electron chi connectivity index (χ2n) is 8.91. The number of nitrogens with zero attached hydrogens (tertiary/aromatic N) is 3. The van der Waals surface area contributed by atoms with Gasteiger partial charge in [-0.15, -0.1) is 0 Å². The number of carboxylic acid groups (broad SMARTS) is 1. The van der Waals surface area contributed by atoms with Gasteiger partial charge in [0.15, 0.2) is 6.10 Å². The maximum absolute atomic E-state index is 13.2. The van der Waals surface area contributed by atoms with E-state index in [0.29, 0.717) is 18.8 Å². The van der Waals surface area contributed by atoms with E-state index in [1.807, 2.05) is 44.2 Å². The van der Waals surface area contributed by atoms with Crippen molar-refractivity contribution in [1.29, 1.82) is 0 Å². The Morgan fingerprint density at radius 1 is 1.05 bits per heavy atom. The van der Waals surface area contributed by atoms with Gasteiger partial charge in [0, 0.05) is 30.9 Å². The topological polar surface area (TPSA) is 143 Å². The number of carbonyl (C=O) groups is 1. The first-order valence-electron chi connectivity index (χ1n) is 11.8. The van der Waals surface area contributed by atoms with Crippen molar-refractivity contribution < 1.29 is 23.1 Å². The Kier molecular flexibility index (Phi) is 6.79. The van der Waals surface area contributed by atoms with E-state index < -0.39 is 22.1 Å². The highest BCUT2D eigenvalue weighted by atomic mass is 32.2. The SMILES string of the molecule is Cc1cccc(C)c1-c1cc(OC2CNCc3cccnc32)nc(NS(=O)(=O)c2cccc(C(=O)O)c2)n1. The molecule has 0 radical (unpaired) electrons. The van der Waals surface area contributed by atoms with Crippen LogP contribution in [0.3, 0.4) is 0 Å². The molecule has 3 N–H and O–H groups in total. The molecule has 5 rings (SSSR count). The number of rotatable bonds is 7. The lowest BCUT2D eigenvalue weighted by atomic mass is 10.00. The molecule has 0 amide bonds. The summed E-state index contributed by atoms with van der Waals surface area (Å²) in [6.45, 7) is 5.05. The van der Waals surface area contributed by atoms with Crippen LogP contribution in [0, 0.1) is 13.8 Å². The van der Waals surface area contributed by atoms with Crippen molar-refractivity contribution in [2.45, 2.75) is 31.4 Å². The second-order valence-corrected chi connectivity index (χ2v) is 10.6. The predicted octanol–water partition coefficient (Wildman–Crippen LogP) is 3.88. The Morgan fingerprint density at radius 2 is 1.82 bits per heavy atom. The molecule has 0 saturated carbocycles. The third-order valence-corrected chi connectivity index (χ3v) is 7.52. The van der Waals surface area contributed by atoms with E-state index in [-0.39, 0.29) is 22.3 Å². The average molecular weight is 532 g/mol. The van der Waals surface area contributed by atoms with Gasteiger partial charge in [-0.1, -0.05) is 30.3 Å². The minimum atomic E-state index is -4.21. The molecule has 2 aromatic heterocycles. The molecule has 2 aromatic carbocycles. The molecule has 194 valence electrons. The molecule has 0 fully saturated rings. The molecule has 1 unspecified atom stereocenters. The summed E-state index contributed by atoms with van der Waals surface area (Å²) in [4.78, 5) is 24.5. The number of ether oxygens (including phenoxy) is 1. The fraction of sp³-hybridized carbons (Fsp3) is 0.185. The lowest BCUT2D eigenvalue weighted by molar-refractivity contribution is 0.0696. The first-order chi connectivity index (χ1) is 18.2. The summed E-state index contributed by atoms with van der Waals surface area (Å²) >= 11 is 0. The summed E-state index contributed by atoms with van der Waals surface area (Å²) in [5, 5.41) is 12.6. The average Bonchev–Trinajstić information content (AvgIpc) is 2.88. The zero-order valence-corrected chi connectivity index (χ0v) is 21.5. The van der Waals surface area contributed by atoms with E-state index in [1.165, 1.54) is 18.2 Å². The van der Waals surface area contributed by atoms with Crippen molar-refractivity contribution in [3.8, 4) is 17.1 Å². The Balaban J connectivity index is 1.57. The summed E-state index contributed by atoms with van der Waals surface area (Å²) in [7, 11) is -4.21. The smallest absolute Gasteiger partial charge is 0.335 e. The van der Waals surface area contributed by atoms with Crippen LogP contribution in [0.25, 0.3) is 11.3 Å². The number of aromatic nitrogens is 3. The van der Waals surface area contributed by atoms with Gasteiger partial charge < -0.3 is 15.2 Å². The van der Waals surface area contributed by atoms with Crippen molar-refractivity contribution in [3.63, 3.8) is 0 Å². The number of hydrogen-bond acceptors (Lipinski definition) is 8. The zero-order valence-electron chi connectivity index (χ0n) is 20.7. The summed E-state index contributed by atoms with van der Waals surface area (Å²) < 4.78 is 35.0. The van der Waals surface area contributed by atoms with Crippen molar-refractivity contribution in [3.05, 3.63) is 94.8 Å². The van der Waals surface area contributed by atoms with E-state index in [9.17, 15) is 18.3 Å². The number of hydrogen-bond donors (Lipinski definition) is 3. The van der Waals surface area contributed by atoms with Crippen LogP contribution in [-0.2, 0) is 16.6 Å². The molecule has 1 atom stereocenters. The first-order valence-corrected chi connectivity index (χ1v) is 13.3. The van der Waals surface area contributed by atoms with Crippen LogP contribution < -0.4 is 14.8 Å². The van der Waals surface area contributed by atoms with Crippen LogP contribution in [0.1, 0.15) is 38.8 Å². The highest BCUT2D eigenvalue weighted by molar-refractivity contribution is 7.92. The van der Waals surface area contributed by atoms with Gasteiger partial charge in [-0.2, -0.15) is 4.98 Å². The molecule has 10 nitrogen and oxygen atoms in total. The zero-order chi connectivity index (χ0) is 26.9. The monoisotopic (exact) mass is 531 g/mol. The van der Waals surface area contributed by atoms with Crippen molar-refractivity contribution >= 4 is 21.9 Å². The van der Waals surface area contributed by atoms with Crippen LogP contribution >= 0.6 is 0 Å². The number of benzene rings is 2. The van der Waals surface area contributed by atoms with Gasteiger partial charge in [-0.05, 0) is 54.8 Å². The molecule has 0 spiro atoms. The fourth-order valence-corrected chi connectivity index (χ4v) is 5.41. The lowest BCUT2D eigenvalue weighted by Crippen LogP contribution is -2.32. The number of carboxylic acids is 1. The van der Waals surface area contributed by atoms with Gasteiger partial charge in [0.05, 0.1) is 21.8 Å². The molecule has 11 heteroatoms. The van der Waals surface area contributed by atoms with Crippen LogP contribution in [0.15, 0.2) is 71.8 Å². The standard InChI is InChI=1S/C27H25N5O5S/c1-16-6-3-7-17(2)24(16)21-13-23(37-22-15-28-14-19-9-5-11-29-25(19)22)31-27(30-21)32-38(35,36)20-10-4-8-18(12-20)26(33)34/h3-13,22,28H,14-15H2,1-2H3,(H,33,34)(H,30,31,32). The lowest BCUT2D eigenvalue weighted by Gasteiger charge is -2.25. The highest BCUT2D eigenvalue weighted by Crippen LogP contribution is 2.32. The minimum Gasteiger partial charge on any atom is -0.478 e. The summed E-state index contributed by atoms with van der Waals surface area (Å²) in [6.07, 6.45) is 1.25. The molecule has 1 aliphatic heterocycles. The Labute approximate surface area is 219 Å². The number of fused-ring (bicyclic) bond motifs is 1. The van der Waals surface area contributed by atoms with Crippen LogP contribution in [0.4, 0.5) is 5.95 Å². The van der Waals surface area contributed by atoms with Gasteiger partial charge in [-0.3, -0.25) is 4.98 Å². The Morgan fingerprint density at radius 3 is 2.58 bits per heavy atom. The van der Waals surface area contributed by atoms with E-state index in [4.69, 9.17) is 4.74 Å². The minimum absolute atomic E-state index is 0.155. The van der Waals surface area contributed by atoms with Gasteiger partial charge >= 0.3 is 5.97 Å². The highest BCUT2D eigenvalue weighted by Gasteiger charge is 2.25. The normalized spacial score (nSPS) is 14.9. The summed E-state index contributed by atoms with van der Waals surface area (Å²) in [5.74, 6) is -1.27. The molecule has 0 bridgehead atoms. The Bertz CT molecular complexity index is 1620. The number of anilines is 1. The summed E-state index contributed by atoms with van der Waals surface area (Å²) in [5.41, 5.74) is 4.84. The van der Waals surface area contributed by atoms with Crippen molar-refractivity contribution in [2.75, 3.05) is 11.3 Å². The third kappa shape index (κ3) is 5.20. The van der Waals surface area contributed by atoms with Crippen molar-refractivity contribution in [1.82, 2.24) is 20.3 Å². The van der Waals surface area contributed by atoms with Crippen LogP contribution in [0.2, 0.25) is 0 Å². The fourth-order valence-electron chi connectivity index (χ4n) is 4.42. The number of aryl methyl sites for hydroxylation is 2. The maximum Gasteiger partial charge on any atom is 0.335 e. The molecule has 0 saturated heterocycles. The van der Waals surface area contributed by atoms with Gasteiger partial charge in [0.2, 0.25) is 11.8 Å². The quantitative estimate of drug-likeness (QED) is 0.324. The largest absolute Gasteiger partial charge is 0.478 e. The molecule has 3 heterocycles. The molecule has 38 heavy (non-hydrogen) atoms. The summed E-state index contributed by atoms with van der Waals surface area (Å²) in [6, 6.07) is 16.4. The molecular formula is C27H25N5O5S. The van der Waals surface area contributed by atoms with E-state index in [1.54, 1.807) is 12.3 Å². The molecule has 1 aliphatic rings. The van der Waals surface area contributed by atoms with Crippen molar-refractivity contribution in [2.24, 2.45) is 0 Å².